The van der Waals surface area contributed by atoms with Gasteiger partial charge in [0.1, 0.15) is 0 Å². The van der Waals surface area contributed by atoms with Gasteiger partial charge in [0.05, 0.1) is 12.2 Å². The second kappa shape index (κ2) is 7.08. The van der Waals surface area contributed by atoms with Gasteiger partial charge in [0.2, 0.25) is 0 Å². The summed E-state index contributed by atoms with van der Waals surface area (Å²) in [5.74, 6) is 0. The van der Waals surface area contributed by atoms with Gasteiger partial charge in [-0.2, -0.15) is 0 Å². The summed E-state index contributed by atoms with van der Waals surface area (Å²) >= 11 is 0. The minimum atomic E-state index is 0.357. The number of ether oxygens (including phenoxy) is 1. The summed E-state index contributed by atoms with van der Waals surface area (Å²) in [5, 5.41) is 0. The maximum atomic E-state index is 6.35. The molecule has 2 fully saturated rings. The standard InChI is InChI=1S/C17H33NO/c1-3-4-5-7-10-14(2)19-16-13-15(18)17(16)11-8-6-9-12-17/h14-16H,3-13,18H2,1-2H3. The zero-order valence-electron chi connectivity index (χ0n) is 13.0. The van der Waals surface area contributed by atoms with Crippen LogP contribution >= 0.6 is 0 Å². The monoisotopic (exact) mass is 267 g/mol. The van der Waals surface area contributed by atoms with E-state index in [0.29, 0.717) is 23.7 Å². The molecule has 0 aromatic carbocycles. The molecule has 2 heteroatoms. The van der Waals surface area contributed by atoms with Crippen LogP contribution in [-0.4, -0.2) is 18.2 Å². The first-order valence-corrected chi connectivity index (χ1v) is 8.60. The summed E-state index contributed by atoms with van der Waals surface area (Å²) in [6, 6.07) is 0.407. The van der Waals surface area contributed by atoms with Crippen molar-refractivity contribution in [1.29, 1.82) is 0 Å². The largest absolute Gasteiger partial charge is 0.375 e. The van der Waals surface area contributed by atoms with Gasteiger partial charge in [-0.1, -0.05) is 51.9 Å². The Balaban J connectivity index is 1.72. The van der Waals surface area contributed by atoms with Crippen molar-refractivity contribution in [2.24, 2.45) is 11.1 Å². The molecule has 0 bridgehead atoms. The predicted molar refractivity (Wildman–Crippen MR) is 81.2 cm³/mol. The van der Waals surface area contributed by atoms with Gasteiger partial charge >= 0.3 is 0 Å². The second-order valence-corrected chi connectivity index (χ2v) is 6.92. The minimum absolute atomic E-state index is 0.357. The van der Waals surface area contributed by atoms with Crippen LogP contribution in [0.1, 0.15) is 84.5 Å². The third-order valence-corrected chi connectivity index (χ3v) is 5.49. The highest BCUT2D eigenvalue weighted by molar-refractivity contribution is 5.07. The molecule has 3 atom stereocenters. The highest BCUT2D eigenvalue weighted by Crippen LogP contribution is 2.52. The molecule has 0 aromatic rings. The molecule has 0 radical (unpaired) electrons. The molecular formula is C17H33NO. The van der Waals surface area contributed by atoms with Crippen LogP contribution in [0, 0.1) is 5.41 Å². The molecule has 0 aromatic heterocycles. The van der Waals surface area contributed by atoms with E-state index in [1.54, 1.807) is 0 Å². The lowest BCUT2D eigenvalue weighted by atomic mass is 9.55. The Morgan fingerprint density at radius 2 is 1.89 bits per heavy atom. The van der Waals surface area contributed by atoms with E-state index in [-0.39, 0.29) is 0 Å². The smallest absolute Gasteiger partial charge is 0.0664 e. The zero-order chi connectivity index (χ0) is 13.7. The Hall–Kier alpha value is -0.0800. The van der Waals surface area contributed by atoms with Crippen molar-refractivity contribution in [1.82, 2.24) is 0 Å². The van der Waals surface area contributed by atoms with Gasteiger partial charge < -0.3 is 10.5 Å². The van der Waals surface area contributed by atoms with Gasteiger partial charge in [-0.05, 0) is 32.6 Å². The highest BCUT2D eigenvalue weighted by Gasteiger charge is 2.54. The van der Waals surface area contributed by atoms with E-state index in [2.05, 4.69) is 13.8 Å². The lowest BCUT2D eigenvalue weighted by Gasteiger charge is -2.57. The molecule has 2 N–H and O–H groups in total. The minimum Gasteiger partial charge on any atom is -0.375 e. The van der Waals surface area contributed by atoms with Crippen molar-refractivity contribution in [2.45, 2.75) is 103 Å². The van der Waals surface area contributed by atoms with Crippen LogP contribution in [0.4, 0.5) is 0 Å². The van der Waals surface area contributed by atoms with Crippen LogP contribution < -0.4 is 5.73 Å². The molecule has 0 heterocycles. The van der Waals surface area contributed by atoms with Crippen LogP contribution in [0.2, 0.25) is 0 Å². The number of unbranched alkanes of at least 4 members (excludes halogenated alkanes) is 3. The zero-order valence-corrected chi connectivity index (χ0v) is 13.0. The quantitative estimate of drug-likeness (QED) is 0.693. The van der Waals surface area contributed by atoms with Gasteiger partial charge in [0.25, 0.3) is 0 Å². The first-order chi connectivity index (χ1) is 9.19. The number of hydrogen-bond acceptors (Lipinski definition) is 2. The molecule has 2 aliphatic carbocycles. The van der Waals surface area contributed by atoms with Crippen molar-refractivity contribution in [3.63, 3.8) is 0 Å². The molecule has 112 valence electrons. The van der Waals surface area contributed by atoms with Crippen molar-refractivity contribution < 1.29 is 4.74 Å². The summed E-state index contributed by atoms with van der Waals surface area (Å²) in [5.41, 5.74) is 6.67. The maximum absolute atomic E-state index is 6.35. The van der Waals surface area contributed by atoms with Crippen LogP contribution in [0.5, 0.6) is 0 Å². The summed E-state index contributed by atoms with van der Waals surface area (Å²) in [6.07, 6.45) is 15.3. The number of nitrogens with two attached hydrogens (primary N) is 1. The van der Waals surface area contributed by atoms with E-state index in [4.69, 9.17) is 10.5 Å². The van der Waals surface area contributed by atoms with Gasteiger partial charge in [0.15, 0.2) is 0 Å². The van der Waals surface area contributed by atoms with E-state index in [1.807, 2.05) is 0 Å². The SMILES string of the molecule is CCCCCCC(C)OC1CC(N)C12CCCCC2. The first kappa shape index (κ1) is 15.3. The number of hydrogen-bond donors (Lipinski definition) is 1. The molecule has 0 saturated heterocycles. The highest BCUT2D eigenvalue weighted by atomic mass is 16.5. The Morgan fingerprint density at radius 1 is 1.16 bits per heavy atom. The Bertz CT molecular complexity index is 260. The third-order valence-electron chi connectivity index (χ3n) is 5.49. The normalized spacial score (nSPS) is 31.1. The second-order valence-electron chi connectivity index (χ2n) is 6.92. The van der Waals surface area contributed by atoms with Crippen LogP contribution in [0.25, 0.3) is 0 Å². The van der Waals surface area contributed by atoms with Crippen molar-refractivity contribution >= 4 is 0 Å². The van der Waals surface area contributed by atoms with Gasteiger partial charge in [-0.25, -0.2) is 0 Å². The molecule has 3 unspecified atom stereocenters. The van der Waals surface area contributed by atoms with Crippen molar-refractivity contribution in [3.8, 4) is 0 Å². The van der Waals surface area contributed by atoms with Gasteiger partial charge in [-0.15, -0.1) is 0 Å². The van der Waals surface area contributed by atoms with E-state index < -0.39 is 0 Å². The fourth-order valence-electron chi connectivity index (χ4n) is 4.08. The fourth-order valence-corrected chi connectivity index (χ4v) is 4.08. The fraction of sp³-hybridized carbons (Fsp3) is 1.00. The van der Waals surface area contributed by atoms with Crippen molar-refractivity contribution in [3.05, 3.63) is 0 Å². The molecule has 2 rings (SSSR count). The molecule has 0 amide bonds. The van der Waals surface area contributed by atoms with E-state index in [9.17, 15) is 0 Å². The Labute approximate surface area is 119 Å². The topological polar surface area (TPSA) is 35.2 Å². The number of rotatable bonds is 7. The molecule has 2 nitrogen and oxygen atoms in total. The predicted octanol–water partition coefficient (Wildman–Crippen LogP) is 4.41. The van der Waals surface area contributed by atoms with Crippen LogP contribution in [0.15, 0.2) is 0 Å². The molecule has 2 aliphatic rings. The lowest BCUT2D eigenvalue weighted by molar-refractivity contribution is -0.166. The van der Waals surface area contributed by atoms with Crippen LogP contribution in [-0.2, 0) is 4.74 Å². The van der Waals surface area contributed by atoms with Crippen molar-refractivity contribution in [2.75, 3.05) is 0 Å². The van der Waals surface area contributed by atoms with Gasteiger partial charge in [-0.3, -0.25) is 0 Å². The summed E-state index contributed by atoms with van der Waals surface area (Å²) in [4.78, 5) is 0. The maximum Gasteiger partial charge on any atom is 0.0664 e. The molecule has 1 spiro atoms. The average Bonchev–Trinajstić information content (AvgIpc) is 2.44. The van der Waals surface area contributed by atoms with Crippen LogP contribution in [0.3, 0.4) is 0 Å². The summed E-state index contributed by atoms with van der Waals surface area (Å²) in [7, 11) is 0. The Kier molecular flexibility index (Phi) is 5.70. The molecule has 2 saturated carbocycles. The average molecular weight is 267 g/mol. The Morgan fingerprint density at radius 3 is 2.53 bits per heavy atom. The van der Waals surface area contributed by atoms with E-state index in [1.165, 1.54) is 64.2 Å². The van der Waals surface area contributed by atoms with E-state index in [0.717, 1.165) is 6.42 Å². The third kappa shape index (κ3) is 3.52. The lowest BCUT2D eigenvalue weighted by Crippen LogP contribution is -2.63. The summed E-state index contributed by atoms with van der Waals surface area (Å²) < 4.78 is 6.35. The first-order valence-electron chi connectivity index (χ1n) is 8.60. The molecular weight excluding hydrogens is 234 g/mol. The molecule has 0 aliphatic heterocycles. The summed E-state index contributed by atoms with van der Waals surface area (Å²) in [6.45, 7) is 4.52. The molecule has 19 heavy (non-hydrogen) atoms. The van der Waals surface area contributed by atoms with Gasteiger partial charge in [0, 0.05) is 11.5 Å². The van der Waals surface area contributed by atoms with E-state index >= 15 is 0 Å².